The van der Waals surface area contributed by atoms with Crippen LogP contribution in [0.25, 0.3) is 0 Å². The van der Waals surface area contributed by atoms with E-state index in [2.05, 4.69) is 10.1 Å². The number of methoxy groups -OCH3 is 1. The second-order valence-electron chi connectivity index (χ2n) is 3.31. The Balaban J connectivity index is 2.50. The summed E-state index contributed by atoms with van der Waals surface area (Å²) >= 11 is 5.80. The van der Waals surface area contributed by atoms with Gasteiger partial charge in [-0.1, -0.05) is 17.7 Å². The molecular formula is C11H14ClF2NO2. The van der Waals surface area contributed by atoms with Gasteiger partial charge in [0.25, 0.3) is 0 Å². The lowest BCUT2D eigenvalue weighted by Crippen LogP contribution is -2.18. The zero-order valence-corrected chi connectivity index (χ0v) is 10.1. The summed E-state index contributed by atoms with van der Waals surface area (Å²) in [6.45, 7) is -0.944. The molecule has 0 aliphatic carbocycles. The lowest BCUT2D eigenvalue weighted by molar-refractivity contribution is -0.0497. The van der Waals surface area contributed by atoms with E-state index >= 15 is 0 Å². The predicted octanol–water partition coefficient (Wildman–Crippen LogP) is 2.68. The average molecular weight is 266 g/mol. The van der Waals surface area contributed by atoms with Crippen LogP contribution < -0.4 is 10.1 Å². The second-order valence-corrected chi connectivity index (χ2v) is 3.72. The number of rotatable bonds is 7. The van der Waals surface area contributed by atoms with E-state index in [4.69, 9.17) is 16.3 Å². The smallest absolute Gasteiger partial charge is 0.387 e. The quantitative estimate of drug-likeness (QED) is 0.769. The standard InChI is InChI=1S/C11H14ClF2NO2/c1-16-5-4-15-7-8-2-3-10(9(12)6-8)17-11(13)14/h2-3,6,11,15H,4-5,7H2,1H3. The molecule has 0 saturated carbocycles. The minimum atomic E-state index is -2.86. The Morgan fingerprint density at radius 3 is 2.76 bits per heavy atom. The van der Waals surface area contributed by atoms with Crippen LogP contribution in [0.3, 0.4) is 0 Å². The van der Waals surface area contributed by atoms with Gasteiger partial charge in [-0.05, 0) is 17.7 Å². The third-order valence-electron chi connectivity index (χ3n) is 2.02. The summed E-state index contributed by atoms with van der Waals surface area (Å²) in [5.74, 6) is -0.0118. The van der Waals surface area contributed by atoms with Crippen molar-refractivity contribution in [3.8, 4) is 5.75 Å². The molecule has 96 valence electrons. The minimum absolute atomic E-state index is 0.0118. The van der Waals surface area contributed by atoms with E-state index in [1.165, 1.54) is 6.07 Å². The fourth-order valence-electron chi connectivity index (χ4n) is 1.25. The van der Waals surface area contributed by atoms with Crippen LogP contribution >= 0.6 is 11.6 Å². The van der Waals surface area contributed by atoms with Crippen LogP contribution in [0.15, 0.2) is 18.2 Å². The minimum Gasteiger partial charge on any atom is -0.433 e. The van der Waals surface area contributed by atoms with Gasteiger partial charge in [0.1, 0.15) is 5.75 Å². The molecule has 3 nitrogen and oxygen atoms in total. The number of ether oxygens (including phenoxy) is 2. The van der Waals surface area contributed by atoms with Crippen molar-refractivity contribution < 1.29 is 18.3 Å². The van der Waals surface area contributed by atoms with Crippen molar-refractivity contribution in [2.24, 2.45) is 0 Å². The van der Waals surface area contributed by atoms with E-state index in [1.54, 1.807) is 19.2 Å². The number of alkyl halides is 2. The van der Waals surface area contributed by atoms with E-state index in [-0.39, 0.29) is 10.8 Å². The van der Waals surface area contributed by atoms with Gasteiger partial charge in [0.05, 0.1) is 11.6 Å². The molecule has 0 aromatic heterocycles. The molecular weight excluding hydrogens is 252 g/mol. The molecule has 1 aromatic rings. The molecule has 6 heteroatoms. The first-order valence-corrected chi connectivity index (χ1v) is 5.44. The molecule has 17 heavy (non-hydrogen) atoms. The monoisotopic (exact) mass is 265 g/mol. The lowest BCUT2D eigenvalue weighted by Gasteiger charge is -2.09. The van der Waals surface area contributed by atoms with Crippen LogP contribution in [0.1, 0.15) is 5.56 Å². The molecule has 0 amide bonds. The topological polar surface area (TPSA) is 30.5 Å². The van der Waals surface area contributed by atoms with Gasteiger partial charge < -0.3 is 14.8 Å². The van der Waals surface area contributed by atoms with Crippen molar-refractivity contribution in [1.82, 2.24) is 5.32 Å². The molecule has 0 atom stereocenters. The Labute approximate surface area is 104 Å². The van der Waals surface area contributed by atoms with E-state index < -0.39 is 6.61 Å². The van der Waals surface area contributed by atoms with Gasteiger partial charge in [0, 0.05) is 20.2 Å². The number of hydrogen-bond donors (Lipinski definition) is 1. The summed E-state index contributed by atoms with van der Waals surface area (Å²) in [6.07, 6.45) is 0. The highest BCUT2D eigenvalue weighted by molar-refractivity contribution is 6.32. The molecule has 0 aliphatic heterocycles. The molecule has 0 heterocycles. The van der Waals surface area contributed by atoms with E-state index in [9.17, 15) is 8.78 Å². The highest BCUT2D eigenvalue weighted by Crippen LogP contribution is 2.26. The number of nitrogens with one attached hydrogen (secondary N) is 1. The summed E-state index contributed by atoms with van der Waals surface area (Å²) in [5, 5.41) is 3.29. The first kappa shape index (κ1) is 14.2. The molecule has 0 bridgehead atoms. The molecule has 0 fully saturated rings. The average Bonchev–Trinajstić information content (AvgIpc) is 2.27. The Hall–Kier alpha value is -0.910. The first-order valence-electron chi connectivity index (χ1n) is 5.06. The van der Waals surface area contributed by atoms with Crippen LogP contribution in [0.4, 0.5) is 8.78 Å². The van der Waals surface area contributed by atoms with Gasteiger partial charge in [-0.2, -0.15) is 8.78 Å². The summed E-state index contributed by atoms with van der Waals surface area (Å²) in [5.41, 5.74) is 0.896. The van der Waals surface area contributed by atoms with Crippen molar-refractivity contribution in [2.75, 3.05) is 20.3 Å². The third-order valence-corrected chi connectivity index (χ3v) is 2.32. The summed E-state index contributed by atoms with van der Waals surface area (Å²) < 4.78 is 33.1. The molecule has 0 spiro atoms. The lowest BCUT2D eigenvalue weighted by atomic mass is 10.2. The van der Waals surface area contributed by atoms with Gasteiger partial charge in [0.15, 0.2) is 0 Å². The summed E-state index contributed by atoms with van der Waals surface area (Å²) in [6, 6.07) is 4.71. The van der Waals surface area contributed by atoms with Gasteiger partial charge in [-0.3, -0.25) is 0 Å². The van der Waals surface area contributed by atoms with Crippen LogP contribution in [0.2, 0.25) is 5.02 Å². The molecule has 1 aromatic carbocycles. The Morgan fingerprint density at radius 1 is 1.41 bits per heavy atom. The molecule has 0 aliphatic rings. The zero-order valence-electron chi connectivity index (χ0n) is 9.38. The summed E-state index contributed by atoms with van der Waals surface area (Å²) in [4.78, 5) is 0. The van der Waals surface area contributed by atoms with Crippen LogP contribution in [-0.4, -0.2) is 26.9 Å². The summed E-state index contributed by atoms with van der Waals surface area (Å²) in [7, 11) is 1.62. The number of benzene rings is 1. The fourth-order valence-corrected chi connectivity index (χ4v) is 1.50. The second kappa shape index (κ2) is 7.42. The Morgan fingerprint density at radius 2 is 2.18 bits per heavy atom. The van der Waals surface area contributed by atoms with Crippen molar-refractivity contribution in [2.45, 2.75) is 13.2 Å². The highest BCUT2D eigenvalue weighted by Gasteiger charge is 2.08. The van der Waals surface area contributed by atoms with Crippen molar-refractivity contribution in [3.63, 3.8) is 0 Å². The van der Waals surface area contributed by atoms with E-state index in [0.29, 0.717) is 19.7 Å². The number of halogens is 3. The van der Waals surface area contributed by atoms with Crippen LogP contribution in [0.5, 0.6) is 5.75 Å². The SMILES string of the molecule is COCCNCc1ccc(OC(F)F)c(Cl)c1. The third kappa shape index (κ3) is 5.30. The van der Waals surface area contributed by atoms with E-state index in [1.807, 2.05) is 0 Å². The molecule has 1 N–H and O–H groups in total. The normalized spacial score (nSPS) is 10.9. The maximum absolute atomic E-state index is 12.0. The fraction of sp³-hybridized carbons (Fsp3) is 0.455. The van der Waals surface area contributed by atoms with Gasteiger partial charge >= 0.3 is 6.61 Å². The zero-order chi connectivity index (χ0) is 12.7. The van der Waals surface area contributed by atoms with Crippen LogP contribution in [0, 0.1) is 0 Å². The Kier molecular flexibility index (Phi) is 6.18. The number of hydrogen-bond acceptors (Lipinski definition) is 3. The predicted molar refractivity (Wildman–Crippen MR) is 61.7 cm³/mol. The van der Waals surface area contributed by atoms with E-state index in [0.717, 1.165) is 5.56 Å². The van der Waals surface area contributed by atoms with Gasteiger partial charge in [-0.25, -0.2) is 0 Å². The molecule has 0 radical (unpaired) electrons. The Bertz CT molecular complexity index is 350. The van der Waals surface area contributed by atoms with Crippen LogP contribution in [-0.2, 0) is 11.3 Å². The van der Waals surface area contributed by atoms with Crippen molar-refractivity contribution >= 4 is 11.6 Å². The highest BCUT2D eigenvalue weighted by atomic mass is 35.5. The first-order chi connectivity index (χ1) is 8.13. The largest absolute Gasteiger partial charge is 0.433 e. The molecule has 0 unspecified atom stereocenters. The molecule has 0 saturated heterocycles. The maximum Gasteiger partial charge on any atom is 0.387 e. The maximum atomic E-state index is 12.0. The van der Waals surface area contributed by atoms with Gasteiger partial charge in [-0.15, -0.1) is 0 Å². The van der Waals surface area contributed by atoms with Crippen molar-refractivity contribution in [1.29, 1.82) is 0 Å². The molecule has 1 rings (SSSR count). The van der Waals surface area contributed by atoms with Gasteiger partial charge in [0.2, 0.25) is 0 Å². The van der Waals surface area contributed by atoms with Crippen molar-refractivity contribution in [3.05, 3.63) is 28.8 Å².